The second kappa shape index (κ2) is 8.49. The van der Waals surface area contributed by atoms with E-state index in [4.69, 9.17) is 4.74 Å². The molecule has 130 valence electrons. The third-order valence-corrected chi connectivity index (χ3v) is 3.88. The lowest BCUT2D eigenvalue weighted by Gasteiger charge is -2.09. The van der Waals surface area contributed by atoms with Crippen molar-refractivity contribution in [2.45, 2.75) is 33.7 Å². The Balaban J connectivity index is 2.00. The molecule has 0 bridgehead atoms. The summed E-state index contributed by atoms with van der Waals surface area (Å²) in [5.41, 5.74) is 4.94. The van der Waals surface area contributed by atoms with Crippen molar-refractivity contribution in [3.05, 3.63) is 46.8 Å². The summed E-state index contributed by atoms with van der Waals surface area (Å²) in [5, 5.41) is 10.3. The number of nitrogens with zero attached hydrogens (tertiary/aromatic N) is 2. The number of benzene rings is 1. The number of hydrogen-bond donors (Lipinski definition) is 2. The van der Waals surface area contributed by atoms with Gasteiger partial charge < -0.3 is 15.4 Å². The van der Waals surface area contributed by atoms with Crippen molar-refractivity contribution >= 4 is 11.7 Å². The van der Waals surface area contributed by atoms with E-state index in [-0.39, 0.29) is 6.03 Å². The first-order valence-electron chi connectivity index (χ1n) is 8.14. The van der Waals surface area contributed by atoms with E-state index in [1.807, 2.05) is 18.5 Å². The minimum Gasteiger partial charge on any atom is -0.385 e. The van der Waals surface area contributed by atoms with Gasteiger partial charge in [-0.2, -0.15) is 5.10 Å². The largest absolute Gasteiger partial charge is 0.385 e. The van der Waals surface area contributed by atoms with E-state index in [2.05, 4.69) is 46.9 Å². The van der Waals surface area contributed by atoms with Gasteiger partial charge in [0.2, 0.25) is 0 Å². The second-order valence-electron chi connectivity index (χ2n) is 5.92. The monoisotopic (exact) mass is 330 g/mol. The van der Waals surface area contributed by atoms with Crippen LogP contribution in [0.15, 0.2) is 24.3 Å². The van der Waals surface area contributed by atoms with Crippen LogP contribution in [0.3, 0.4) is 0 Å². The zero-order valence-corrected chi connectivity index (χ0v) is 14.8. The van der Waals surface area contributed by atoms with Crippen molar-refractivity contribution in [3.63, 3.8) is 0 Å². The normalized spacial score (nSPS) is 10.7. The Bertz CT molecular complexity index is 677. The molecule has 1 aromatic carbocycles. The van der Waals surface area contributed by atoms with Crippen LogP contribution in [-0.2, 0) is 11.3 Å². The van der Waals surface area contributed by atoms with Gasteiger partial charge in [-0.25, -0.2) is 4.79 Å². The molecule has 2 N–H and O–H groups in total. The number of carbonyl (C=O) groups is 1. The summed E-state index contributed by atoms with van der Waals surface area (Å²) in [6.45, 7) is 7.83. The molecule has 0 saturated heterocycles. The molecule has 2 aromatic rings. The van der Waals surface area contributed by atoms with Crippen molar-refractivity contribution in [2.24, 2.45) is 0 Å². The van der Waals surface area contributed by atoms with E-state index in [9.17, 15) is 4.79 Å². The lowest BCUT2D eigenvalue weighted by molar-refractivity contribution is 0.194. The molecule has 0 fully saturated rings. The van der Waals surface area contributed by atoms with Crippen LogP contribution in [-0.4, -0.2) is 36.1 Å². The highest BCUT2D eigenvalue weighted by Gasteiger charge is 2.14. The first-order chi connectivity index (χ1) is 11.5. The van der Waals surface area contributed by atoms with Gasteiger partial charge in [0.1, 0.15) is 0 Å². The third-order valence-electron chi connectivity index (χ3n) is 3.88. The van der Waals surface area contributed by atoms with E-state index < -0.39 is 0 Å². The molecular formula is C18H26N4O2. The number of aromatic nitrogens is 2. The lowest BCUT2D eigenvalue weighted by atomic mass is 10.1. The molecule has 24 heavy (non-hydrogen) atoms. The Morgan fingerprint density at radius 2 is 1.92 bits per heavy atom. The van der Waals surface area contributed by atoms with Crippen LogP contribution in [0.4, 0.5) is 10.5 Å². The SMILES string of the molecule is COCCCNC(=O)Nc1c(C)nn(Cc2ccc(C)cc2)c1C. The number of anilines is 1. The Labute approximate surface area is 143 Å². The van der Waals surface area contributed by atoms with E-state index in [0.717, 1.165) is 23.5 Å². The molecule has 2 rings (SSSR count). The van der Waals surface area contributed by atoms with Crippen molar-refractivity contribution in [1.29, 1.82) is 0 Å². The predicted octanol–water partition coefficient (Wildman–Crippen LogP) is 3.01. The third kappa shape index (κ3) is 4.83. The van der Waals surface area contributed by atoms with Crippen LogP contribution in [0.5, 0.6) is 0 Å². The molecule has 0 aliphatic rings. The van der Waals surface area contributed by atoms with E-state index in [1.54, 1.807) is 7.11 Å². The maximum absolute atomic E-state index is 12.0. The van der Waals surface area contributed by atoms with Crippen LogP contribution in [0, 0.1) is 20.8 Å². The second-order valence-corrected chi connectivity index (χ2v) is 5.92. The number of urea groups is 1. The molecule has 1 aromatic heterocycles. The summed E-state index contributed by atoms with van der Waals surface area (Å²) in [6.07, 6.45) is 0.786. The first-order valence-corrected chi connectivity index (χ1v) is 8.14. The van der Waals surface area contributed by atoms with Gasteiger partial charge in [-0.3, -0.25) is 4.68 Å². The summed E-state index contributed by atoms with van der Waals surface area (Å²) in [5.74, 6) is 0. The summed E-state index contributed by atoms with van der Waals surface area (Å²) >= 11 is 0. The molecule has 2 amide bonds. The van der Waals surface area contributed by atoms with Crippen LogP contribution in [0.25, 0.3) is 0 Å². The number of amides is 2. The molecule has 0 atom stereocenters. The maximum atomic E-state index is 12.0. The highest BCUT2D eigenvalue weighted by Crippen LogP contribution is 2.20. The number of nitrogens with one attached hydrogen (secondary N) is 2. The fraction of sp³-hybridized carbons (Fsp3) is 0.444. The average Bonchev–Trinajstić information content (AvgIpc) is 2.81. The Morgan fingerprint density at radius 3 is 2.58 bits per heavy atom. The summed E-state index contributed by atoms with van der Waals surface area (Å²) in [4.78, 5) is 12.0. The Hall–Kier alpha value is -2.34. The van der Waals surface area contributed by atoms with E-state index >= 15 is 0 Å². The van der Waals surface area contributed by atoms with Crippen LogP contribution < -0.4 is 10.6 Å². The predicted molar refractivity (Wildman–Crippen MR) is 95.5 cm³/mol. The van der Waals surface area contributed by atoms with Gasteiger partial charge in [0.25, 0.3) is 0 Å². The quantitative estimate of drug-likeness (QED) is 0.767. The molecule has 0 unspecified atom stereocenters. The summed E-state index contributed by atoms with van der Waals surface area (Å²) < 4.78 is 6.88. The number of aryl methyl sites for hydroxylation is 2. The standard InChI is InChI=1S/C18H26N4O2/c1-13-6-8-16(9-7-13)12-22-15(3)17(14(2)21-22)20-18(23)19-10-5-11-24-4/h6-9H,5,10-12H2,1-4H3,(H2,19,20,23). The Morgan fingerprint density at radius 1 is 1.21 bits per heavy atom. The molecule has 0 aliphatic carbocycles. The van der Waals surface area contributed by atoms with Gasteiger partial charge in [0, 0.05) is 20.3 Å². The van der Waals surface area contributed by atoms with Crippen LogP contribution in [0.1, 0.15) is 28.9 Å². The average molecular weight is 330 g/mol. The summed E-state index contributed by atoms with van der Waals surface area (Å²) in [7, 11) is 1.65. The number of carbonyl (C=O) groups excluding carboxylic acids is 1. The molecule has 0 radical (unpaired) electrons. The zero-order chi connectivity index (χ0) is 17.5. The topological polar surface area (TPSA) is 68.2 Å². The Kier molecular flexibility index (Phi) is 6.37. The molecule has 0 saturated carbocycles. The first kappa shape index (κ1) is 18.0. The molecule has 6 heteroatoms. The fourth-order valence-electron chi connectivity index (χ4n) is 2.47. The smallest absolute Gasteiger partial charge is 0.319 e. The molecule has 1 heterocycles. The van der Waals surface area contributed by atoms with E-state index in [1.165, 1.54) is 11.1 Å². The minimum atomic E-state index is -0.216. The highest BCUT2D eigenvalue weighted by molar-refractivity contribution is 5.90. The number of rotatable bonds is 7. The van der Waals surface area contributed by atoms with Gasteiger partial charge in [-0.15, -0.1) is 0 Å². The van der Waals surface area contributed by atoms with Gasteiger partial charge in [0.05, 0.1) is 23.6 Å². The van der Waals surface area contributed by atoms with Crippen LogP contribution >= 0.6 is 0 Å². The van der Waals surface area contributed by atoms with Crippen LogP contribution in [0.2, 0.25) is 0 Å². The number of methoxy groups -OCH3 is 1. The minimum absolute atomic E-state index is 0.216. The van der Waals surface area contributed by atoms with Gasteiger partial charge in [0.15, 0.2) is 0 Å². The molecule has 0 aliphatic heterocycles. The fourth-order valence-corrected chi connectivity index (χ4v) is 2.47. The van der Waals surface area contributed by atoms with Crippen molar-refractivity contribution < 1.29 is 9.53 Å². The molecule has 6 nitrogen and oxygen atoms in total. The summed E-state index contributed by atoms with van der Waals surface area (Å²) in [6, 6.07) is 8.16. The highest BCUT2D eigenvalue weighted by atomic mass is 16.5. The van der Waals surface area contributed by atoms with Gasteiger partial charge in [-0.1, -0.05) is 29.8 Å². The molecular weight excluding hydrogens is 304 g/mol. The van der Waals surface area contributed by atoms with E-state index in [0.29, 0.717) is 19.7 Å². The van der Waals surface area contributed by atoms with Crippen molar-refractivity contribution in [1.82, 2.24) is 15.1 Å². The lowest BCUT2D eigenvalue weighted by Crippen LogP contribution is -2.30. The van der Waals surface area contributed by atoms with Crippen molar-refractivity contribution in [3.8, 4) is 0 Å². The van der Waals surface area contributed by atoms with Gasteiger partial charge in [-0.05, 0) is 32.8 Å². The molecule has 0 spiro atoms. The number of hydrogen-bond acceptors (Lipinski definition) is 3. The maximum Gasteiger partial charge on any atom is 0.319 e. The zero-order valence-electron chi connectivity index (χ0n) is 14.8. The van der Waals surface area contributed by atoms with Crippen molar-refractivity contribution in [2.75, 3.05) is 25.6 Å². The number of ether oxygens (including phenoxy) is 1. The van der Waals surface area contributed by atoms with Gasteiger partial charge >= 0.3 is 6.03 Å².